The summed E-state index contributed by atoms with van der Waals surface area (Å²) < 4.78 is 10.9. The molecule has 1 rings (SSSR count). The molecular weight excluding hydrogens is 286 g/mol. The van der Waals surface area contributed by atoms with Crippen molar-refractivity contribution in [1.82, 2.24) is 4.90 Å². The first kappa shape index (κ1) is 18.1. The molecule has 0 amide bonds. The molecule has 118 valence electrons. The van der Waals surface area contributed by atoms with Gasteiger partial charge in [-0.25, -0.2) is 0 Å². The second-order valence-electron chi connectivity index (χ2n) is 4.39. The number of rotatable bonds is 10. The molecule has 0 aliphatic heterocycles. The molecule has 1 heterocycles. The van der Waals surface area contributed by atoms with E-state index in [-0.39, 0.29) is 6.61 Å². The van der Waals surface area contributed by atoms with Crippen molar-refractivity contribution in [3.05, 3.63) is 21.9 Å². The number of aliphatic hydroxyl groups excluding tert-OH is 1. The largest absolute Gasteiger partial charge is 0.384 e. The van der Waals surface area contributed by atoms with Gasteiger partial charge in [0, 0.05) is 43.3 Å². The molecule has 0 unspecified atom stereocenters. The zero-order chi connectivity index (χ0) is 15.3. The first-order chi connectivity index (χ1) is 10.3. The molecule has 1 aromatic rings. The normalized spacial score (nSPS) is 10.7. The third-order valence-electron chi connectivity index (χ3n) is 2.93. The van der Waals surface area contributed by atoms with Crippen LogP contribution in [0.15, 0.2) is 11.4 Å². The highest BCUT2D eigenvalue weighted by Crippen LogP contribution is 2.18. The van der Waals surface area contributed by atoms with E-state index in [4.69, 9.17) is 14.6 Å². The topological polar surface area (TPSA) is 41.9 Å². The molecule has 0 fully saturated rings. The summed E-state index contributed by atoms with van der Waals surface area (Å²) in [4.78, 5) is 3.55. The highest BCUT2D eigenvalue weighted by atomic mass is 32.1. The molecule has 0 saturated carbocycles. The van der Waals surface area contributed by atoms with Crippen LogP contribution in [0.5, 0.6) is 0 Å². The van der Waals surface area contributed by atoms with Gasteiger partial charge in [0.1, 0.15) is 6.61 Å². The van der Waals surface area contributed by atoms with E-state index in [0.717, 1.165) is 51.6 Å². The summed E-state index contributed by atoms with van der Waals surface area (Å²) in [5.74, 6) is 5.72. The maximum absolute atomic E-state index is 8.81. The third-order valence-corrected chi connectivity index (χ3v) is 3.83. The molecule has 0 atom stereocenters. The molecule has 1 aromatic heterocycles. The second-order valence-corrected chi connectivity index (χ2v) is 5.39. The Morgan fingerprint density at radius 3 is 2.43 bits per heavy atom. The first-order valence-electron chi connectivity index (χ1n) is 7.35. The van der Waals surface area contributed by atoms with Crippen molar-refractivity contribution in [1.29, 1.82) is 0 Å². The maximum atomic E-state index is 8.81. The van der Waals surface area contributed by atoms with Crippen LogP contribution in [-0.2, 0) is 16.0 Å². The summed E-state index contributed by atoms with van der Waals surface area (Å²) >= 11 is 1.70. The fourth-order valence-electron chi connectivity index (χ4n) is 1.86. The fourth-order valence-corrected chi connectivity index (χ4v) is 2.73. The molecule has 0 radical (unpaired) electrons. The zero-order valence-corrected chi connectivity index (χ0v) is 13.7. The molecule has 5 heteroatoms. The van der Waals surface area contributed by atoms with Crippen molar-refractivity contribution >= 4 is 11.3 Å². The van der Waals surface area contributed by atoms with Crippen LogP contribution < -0.4 is 0 Å². The lowest BCUT2D eigenvalue weighted by Crippen LogP contribution is -2.30. The predicted octanol–water partition coefficient (Wildman–Crippen LogP) is 1.97. The molecule has 0 saturated heterocycles. The number of hydrogen-bond donors (Lipinski definition) is 1. The smallest absolute Gasteiger partial charge is 0.104 e. The van der Waals surface area contributed by atoms with Crippen molar-refractivity contribution in [2.45, 2.75) is 20.4 Å². The van der Waals surface area contributed by atoms with Gasteiger partial charge < -0.3 is 14.6 Å². The van der Waals surface area contributed by atoms with Gasteiger partial charge >= 0.3 is 0 Å². The Balaban J connectivity index is 2.59. The third kappa shape index (κ3) is 7.60. The van der Waals surface area contributed by atoms with Crippen molar-refractivity contribution in [2.24, 2.45) is 0 Å². The summed E-state index contributed by atoms with van der Waals surface area (Å²) in [6.07, 6.45) is 0. The van der Waals surface area contributed by atoms with Gasteiger partial charge in [-0.15, -0.1) is 11.3 Å². The van der Waals surface area contributed by atoms with Crippen LogP contribution in [-0.4, -0.2) is 56.1 Å². The molecule has 0 aromatic carbocycles. The molecule has 4 nitrogen and oxygen atoms in total. The minimum absolute atomic E-state index is 0.103. The van der Waals surface area contributed by atoms with Crippen LogP contribution in [0.3, 0.4) is 0 Å². The lowest BCUT2D eigenvalue weighted by atomic mass is 10.2. The molecule has 0 spiro atoms. The highest BCUT2D eigenvalue weighted by Gasteiger charge is 2.10. The summed E-state index contributed by atoms with van der Waals surface area (Å²) in [5.41, 5.74) is 1.01. The molecule has 0 aliphatic carbocycles. The minimum atomic E-state index is -0.103. The molecule has 21 heavy (non-hydrogen) atoms. The zero-order valence-electron chi connectivity index (χ0n) is 12.9. The van der Waals surface area contributed by atoms with Crippen molar-refractivity contribution in [2.75, 3.05) is 46.1 Å². The van der Waals surface area contributed by atoms with Crippen LogP contribution in [0.1, 0.15) is 24.3 Å². The van der Waals surface area contributed by atoms with Gasteiger partial charge in [-0.1, -0.05) is 11.8 Å². The summed E-state index contributed by atoms with van der Waals surface area (Å²) in [6, 6.07) is 2.01. The quantitative estimate of drug-likeness (QED) is 0.530. The lowest BCUT2D eigenvalue weighted by molar-refractivity contribution is 0.0802. The van der Waals surface area contributed by atoms with E-state index >= 15 is 0 Å². The fraction of sp³-hybridized carbons (Fsp3) is 0.625. The Bertz CT molecular complexity index is 426. The Morgan fingerprint density at radius 1 is 1.19 bits per heavy atom. The highest BCUT2D eigenvalue weighted by molar-refractivity contribution is 7.10. The van der Waals surface area contributed by atoms with Gasteiger partial charge in [-0.05, 0) is 25.3 Å². The van der Waals surface area contributed by atoms with Crippen molar-refractivity contribution in [3.63, 3.8) is 0 Å². The second kappa shape index (κ2) is 11.7. The van der Waals surface area contributed by atoms with Crippen LogP contribution in [0.2, 0.25) is 0 Å². The molecule has 0 aliphatic rings. The number of nitrogens with zero attached hydrogens (tertiary/aromatic N) is 1. The molecule has 1 N–H and O–H groups in total. The Morgan fingerprint density at radius 2 is 1.86 bits per heavy atom. The standard InChI is InChI=1S/C16H25NO3S/c1-3-19-11-8-17(9-12-20-4-2)14-16-15(6-5-10-18)7-13-21-16/h7,13,18H,3-4,8-12,14H2,1-2H3. The van der Waals surface area contributed by atoms with Crippen molar-refractivity contribution < 1.29 is 14.6 Å². The SMILES string of the molecule is CCOCCN(CCOCC)Cc1sccc1C#CCO. The van der Waals surface area contributed by atoms with E-state index in [0.29, 0.717) is 0 Å². The lowest BCUT2D eigenvalue weighted by Gasteiger charge is -2.21. The van der Waals surface area contributed by atoms with E-state index in [1.807, 2.05) is 25.3 Å². The summed E-state index contributed by atoms with van der Waals surface area (Å²) in [6.45, 7) is 9.45. The van der Waals surface area contributed by atoms with Gasteiger partial charge in [0.15, 0.2) is 0 Å². The molecule has 0 bridgehead atoms. The number of aliphatic hydroxyl groups is 1. The predicted molar refractivity (Wildman–Crippen MR) is 86.5 cm³/mol. The number of thiophene rings is 1. The van der Waals surface area contributed by atoms with Gasteiger partial charge in [-0.2, -0.15) is 0 Å². The van der Waals surface area contributed by atoms with Gasteiger partial charge in [0.2, 0.25) is 0 Å². The van der Waals surface area contributed by atoms with E-state index in [9.17, 15) is 0 Å². The number of ether oxygens (including phenoxy) is 2. The number of hydrogen-bond acceptors (Lipinski definition) is 5. The van der Waals surface area contributed by atoms with Gasteiger partial charge in [-0.3, -0.25) is 4.90 Å². The van der Waals surface area contributed by atoms with E-state index in [2.05, 4.69) is 16.7 Å². The van der Waals surface area contributed by atoms with Gasteiger partial charge in [0.05, 0.1) is 13.2 Å². The van der Waals surface area contributed by atoms with E-state index < -0.39 is 0 Å². The van der Waals surface area contributed by atoms with Crippen LogP contribution >= 0.6 is 11.3 Å². The van der Waals surface area contributed by atoms with Gasteiger partial charge in [0.25, 0.3) is 0 Å². The maximum Gasteiger partial charge on any atom is 0.104 e. The average Bonchev–Trinajstić information content (AvgIpc) is 2.92. The minimum Gasteiger partial charge on any atom is -0.384 e. The van der Waals surface area contributed by atoms with Crippen molar-refractivity contribution in [3.8, 4) is 11.8 Å². The summed E-state index contributed by atoms with van der Waals surface area (Å²) in [7, 11) is 0. The summed E-state index contributed by atoms with van der Waals surface area (Å²) in [5, 5.41) is 10.9. The first-order valence-corrected chi connectivity index (χ1v) is 8.23. The molecular formula is C16H25NO3S. The van der Waals surface area contributed by atoms with Crippen LogP contribution in [0.25, 0.3) is 0 Å². The average molecular weight is 311 g/mol. The van der Waals surface area contributed by atoms with Crippen LogP contribution in [0, 0.1) is 11.8 Å². The Kier molecular flexibility index (Phi) is 10.1. The monoisotopic (exact) mass is 311 g/mol. The Labute approximate surface area is 131 Å². The van der Waals surface area contributed by atoms with Crippen LogP contribution in [0.4, 0.5) is 0 Å². The van der Waals surface area contributed by atoms with E-state index in [1.165, 1.54) is 4.88 Å². The Hall–Kier alpha value is -0.900. The van der Waals surface area contributed by atoms with E-state index in [1.54, 1.807) is 11.3 Å².